The van der Waals surface area contributed by atoms with Crippen molar-refractivity contribution >= 4 is 5.97 Å². The van der Waals surface area contributed by atoms with Gasteiger partial charge in [0.1, 0.15) is 5.56 Å². The van der Waals surface area contributed by atoms with Gasteiger partial charge in [-0.1, -0.05) is 6.42 Å². The van der Waals surface area contributed by atoms with Gasteiger partial charge < -0.3 is 10.4 Å². The molecule has 1 aromatic rings. The van der Waals surface area contributed by atoms with Gasteiger partial charge in [-0.05, 0) is 19.4 Å². The molecular weight excluding hydrogens is 198 g/mol. The first-order chi connectivity index (χ1) is 7.20. The molecule has 1 aliphatic heterocycles. The predicted octanol–water partition coefficient (Wildman–Crippen LogP) is 0.216. The number of aromatic amines is 2. The largest absolute Gasteiger partial charge is 0.477 e. The van der Waals surface area contributed by atoms with Gasteiger partial charge in [0.2, 0.25) is 0 Å². The minimum atomic E-state index is -1.18. The van der Waals surface area contributed by atoms with Gasteiger partial charge in [-0.25, -0.2) is 4.79 Å². The minimum Gasteiger partial charge on any atom is -0.477 e. The standard InChI is InChI=1S/C9H13N3O3/c13-8-6(9(14)15)7(11-12-8)5-3-1-2-4-10-5/h5,10H,1-4H2,(H,14,15)(H2,11,12,13). The van der Waals surface area contributed by atoms with E-state index in [2.05, 4.69) is 15.5 Å². The lowest BCUT2D eigenvalue weighted by Gasteiger charge is -2.22. The predicted molar refractivity (Wildman–Crippen MR) is 53.0 cm³/mol. The highest BCUT2D eigenvalue weighted by molar-refractivity contribution is 5.88. The number of H-pyrrole nitrogens is 2. The molecular formula is C9H13N3O3. The zero-order chi connectivity index (χ0) is 10.8. The van der Waals surface area contributed by atoms with Crippen molar-refractivity contribution in [3.63, 3.8) is 0 Å². The molecule has 6 heteroatoms. The molecule has 2 rings (SSSR count). The molecule has 0 radical (unpaired) electrons. The number of carboxylic acid groups (broad SMARTS) is 1. The Balaban J connectivity index is 2.34. The van der Waals surface area contributed by atoms with Gasteiger partial charge in [-0.15, -0.1) is 0 Å². The topological polar surface area (TPSA) is 98.0 Å². The van der Waals surface area contributed by atoms with Crippen LogP contribution < -0.4 is 10.9 Å². The number of aromatic carboxylic acids is 1. The number of carbonyl (C=O) groups is 1. The van der Waals surface area contributed by atoms with Crippen LogP contribution in [0.3, 0.4) is 0 Å². The van der Waals surface area contributed by atoms with Crippen LogP contribution in [0.5, 0.6) is 0 Å². The quantitative estimate of drug-likeness (QED) is 0.562. The number of piperidine rings is 1. The SMILES string of the molecule is O=C(O)c1c(C2CCCCN2)[nH][nH]c1=O. The molecule has 6 nitrogen and oxygen atoms in total. The van der Waals surface area contributed by atoms with Crippen LogP contribution in [0, 0.1) is 0 Å². The second-order valence-electron chi connectivity index (χ2n) is 3.68. The fourth-order valence-corrected chi connectivity index (χ4v) is 1.94. The lowest BCUT2D eigenvalue weighted by atomic mass is 9.99. The third-order valence-corrected chi connectivity index (χ3v) is 2.68. The van der Waals surface area contributed by atoms with E-state index in [1.165, 1.54) is 0 Å². The van der Waals surface area contributed by atoms with Crippen LogP contribution >= 0.6 is 0 Å². The van der Waals surface area contributed by atoms with E-state index in [-0.39, 0.29) is 11.6 Å². The fraction of sp³-hybridized carbons (Fsp3) is 0.556. The molecule has 0 amide bonds. The number of aromatic nitrogens is 2. The average Bonchev–Trinajstić information content (AvgIpc) is 2.61. The molecule has 15 heavy (non-hydrogen) atoms. The summed E-state index contributed by atoms with van der Waals surface area (Å²) in [5.41, 5.74) is -0.272. The van der Waals surface area contributed by atoms with Crippen molar-refractivity contribution in [1.29, 1.82) is 0 Å². The summed E-state index contributed by atoms with van der Waals surface area (Å²) in [7, 11) is 0. The normalized spacial score (nSPS) is 21.5. The Morgan fingerprint density at radius 3 is 2.73 bits per heavy atom. The van der Waals surface area contributed by atoms with E-state index in [9.17, 15) is 9.59 Å². The van der Waals surface area contributed by atoms with Crippen LogP contribution in [0.2, 0.25) is 0 Å². The zero-order valence-electron chi connectivity index (χ0n) is 8.17. The Kier molecular flexibility index (Phi) is 2.59. The van der Waals surface area contributed by atoms with E-state index in [1.807, 2.05) is 0 Å². The number of hydrogen-bond acceptors (Lipinski definition) is 3. The van der Waals surface area contributed by atoms with Crippen molar-refractivity contribution in [3.05, 3.63) is 21.6 Å². The molecule has 0 bridgehead atoms. The van der Waals surface area contributed by atoms with E-state index in [1.54, 1.807) is 0 Å². The van der Waals surface area contributed by atoms with E-state index >= 15 is 0 Å². The Labute approximate surface area is 85.7 Å². The third kappa shape index (κ3) is 1.80. The highest BCUT2D eigenvalue weighted by Crippen LogP contribution is 2.22. The van der Waals surface area contributed by atoms with Crippen molar-refractivity contribution in [2.75, 3.05) is 6.54 Å². The monoisotopic (exact) mass is 211 g/mol. The van der Waals surface area contributed by atoms with Gasteiger partial charge in [0.05, 0.1) is 5.69 Å². The van der Waals surface area contributed by atoms with Crippen LogP contribution in [0.1, 0.15) is 41.4 Å². The fourth-order valence-electron chi connectivity index (χ4n) is 1.94. The highest BCUT2D eigenvalue weighted by Gasteiger charge is 2.25. The molecule has 1 aromatic heterocycles. The van der Waals surface area contributed by atoms with E-state index in [0.29, 0.717) is 5.69 Å². The molecule has 4 N–H and O–H groups in total. The Morgan fingerprint density at radius 1 is 1.33 bits per heavy atom. The van der Waals surface area contributed by atoms with E-state index in [4.69, 9.17) is 5.11 Å². The molecule has 82 valence electrons. The van der Waals surface area contributed by atoms with Crippen molar-refractivity contribution in [3.8, 4) is 0 Å². The van der Waals surface area contributed by atoms with Crippen LogP contribution in [0.15, 0.2) is 4.79 Å². The smallest absolute Gasteiger partial charge is 0.343 e. The van der Waals surface area contributed by atoms with Gasteiger partial charge >= 0.3 is 5.97 Å². The number of hydrogen-bond donors (Lipinski definition) is 4. The van der Waals surface area contributed by atoms with Crippen molar-refractivity contribution < 1.29 is 9.90 Å². The minimum absolute atomic E-state index is 0.0520. The summed E-state index contributed by atoms with van der Waals surface area (Å²) >= 11 is 0. The molecule has 0 aliphatic carbocycles. The van der Waals surface area contributed by atoms with Crippen molar-refractivity contribution in [2.45, 2.75) is 25.3 Å². The van der Waals surface area contributed by atoms with E-state index in [0.717, 1.165) is 25.8 Å². The molecule has 1 saturated heterocycles. The highest BCUT2D eigenvalue weighted by atomic mass is 16.4. The molecule has 1 aliphatic rings. The number of carboxylic acids is 1. The van der Waals surface area contributed by atoms with Crippen molar-refractivity contribution in [2.24, 2.45) is 0 Å². The lowest BCUT2D eigenvalue weighted by Crippen LogP contribution is -2.29. The summed E-state index contributed by atoms with van der Waals surface area (Å²) in [4.78, 5) is 22.1. The lowest BCUT2D eigenvalue weighted by molar-refractivity contribution is 0.0693. The summed E-state index contributed by atoms with van der Waals surface area (Å²) in [5.74, 6) is -1.18. The molecule has 1 unspecified atom stereocenters. The molecule has 0 spiro atoms. The Hall–Kier alpha value is -1.56. The summed E-state index contributed by atoms with van der Waals surface area (Å²) < 4.78 is 0. The third-order valence-electron chi connectivity index (χ3n) is 2.68. The second kappa shape index (κ2) is 3.90. The molecule has 2 heterocycles. The number of rotatable bonds is 2. The summed E-state index contributed by atoms with van der Waals surface area (Å²) in [6.07, 6.45) is 2.99. The van der Waals surface area contributed by atoms with Crippen LogP contribution in [-0.4, -0.2) is 27.8 Å². The Morgan fingerprint density at radius 2 is 2.13 bits per heavy atom. The summed E-state index contributed by atoms with van der Waals surface area (Å²) in [6, 6.07) is -0.0520. The van der Waals surface area contributed by atoms with Crippen LogP contribution in [-0.2, 0) is 0 Å². The van der Waals surface area contributed by atoms with Gasteiger partial charge in [0, 0.05) is 6.04 Å². The first kappa shape index (κ1) is 9.97. The Bertz CT molecular complexity index is 414. The maximum atomic E-state index is 11.2. The first-order valence-electron chi connectivity index (χ1n) is 4.97. The molecule has 0 saturated carbocycles. The molecule has 0 aromatic carbocycles. The average molecular weight is 211 g/mol. The molecule has 1 atom stereocenters. The van der Waals surface area contributed by atoms with Crippen LogP contribution in [0.25, 0.3) is 0 Å². The first-order valence-corrected chi connectivity index (χ1v) is 4.97. The van der Waals surface area contributed by atoms with E-state index < -0.39 is 11.5 Å². The molecule has 1 fully saturated rings. The maximum absolute atomic E-state index is 11.2. The van der Waals surface area contributed by atoms with Gasteiger partial charge in [-0.2, -0.15) is 0 Å². The van der Waals surface area contributed by atoms with Gasteiger partial charge in [-0.3, -0.25) is 15.0 Å². The van der Waals surface area contributed by atoms with Crippen molar-refractivity contribution in [1.82, 2.24) is 15.5 Å². The van der Waals surface area contributed by atoms with Gasteiger partial charge in [0.25, 0.3) is 5.56 Å². The number of nitrogens with one attached hydrogen (secondary N) is 3. The second-order valence-corrected chi connectivity index (χ2v) is 3.68. The summed E-state index contributed by atoms with van der Waals surface area (Å²) in [5, 5.41) is 17.0. The van der Waals surface area contributed by atoms with Gasteiger partial charge in [0.15, 0.2) is 0 Å². The zero-order valence-corrected chi connectivity index (χ0v) is 8.17. The summed E-state index contributed by atoms with van der Waals surface area (Å²) in [6.45, 7) is 0.858. The van der Waals surface area contributed by atoms with Crippen LogP contribution in [0.4, 0.5) is 0 Å². The maximum Gasteiger partial charge on any atom is 0.343 e.